The van der Waals surface area contributed by atoms with Crippen LogP contribution in [-0.2, 0) is 16.1 Å². The Hall–Kier alpha value is -1.61. The molecular weight excluding hydrogens is 336 g/mol. The molecule has 0 aliphatic rings. The molecular formula is C19H24O3SSi. The molecule has 0 saturated carbocycles. The Bertz CT molecular complexity index is 915. The van der Waals surface area contributed by atoms with Crippen molar-refractivity contribution >= 4 is 35.5 Å². The number of benzene rings is 1. The van der Waals surface area contributed by atoms with Crippen LogP contribution in [0.2, 0.25) is 19.6 Å². The Morgan fingerprint density at radius 1 is 1.38 bits per heavy atom. The van der Waals surface area contributed by atoms with E-state index in [1.54, 1.807) is 6.92 Å². The van der Waals surface area contributed by atoms with Gasteiger partial charge in [-0.05, 0) is 31.0 Å². The molecule has 0 amide bonds. The van der Waals surface area contributed by atoms with Crippen LogP contribution in [0, 0.1) is 18.4 Å². The molecule has 0 aliphatic carbocycles. The van der Waals surface area contributed by atoms with E-state index in [1.807, 2.05) is 19.1 Å². The predicted molar refractivity (Wildman–Crippen MR) is 103 cm³/mol. The topological polar surface area (TPSA) is 35.5 Å². The van der Waals surface area contributed by atoms with E-state index < -0.39 is 15.1 Å². The van der Waals surface area contributed by atoms with Gasteiger partial charge in [0.25, 0.3) is 0 Å². The van der Waals surface area contributed by atoms with Crippen molar-refractivity contribution in [3.05, 3.63) is 33.7 Å². The third-order valence-corrected chi connectivity index (χ3v) is 5.60. The summed E-state index contributed by atoms with van der Waals surface area (Å²) in [6.07, 6.45) is 0. The molecule has 2 rings (SSSR count). The lowest BCUT2D eigenvalue weighted by Gasteiger charge is -2.06. The Balaban J connectivity index is 2.64. The largest absolute Gasteiger partial charge is 0.462 e. The molecule has 1 aromatic heterocycles. The molecule has 128 valence electrons. The first-order valence-corrected chi connectivity index (χ1v) is 12.1. The van der Waals surface area contributed by atoms with Gasteiger partial charge in [-0.1, -0.05) is 31.6 Å². The number of fused-ring (bicyclic) bond motifs is 1. The number of hydrogen-bond donors (Lipinski definition) is 0. The van der Waals surface area contributed by atoms with Gasteiger partial charge in [-0.3, -0.25) is 0 Å². The summed E-state index contributed by atoms with van der Waals surface area (Å²) in [5, 5.41) is 0.828. The van der Waals surface area contributed by atoms with E-state index in [9.17, 15) is 4.79 Å². The van der Waals surface area contributed by atoms with E-state index in [-0.39, 0.29) is 12.6 Å². The summed E-state index contributed by atoms with van der Waals surface area (Å²) in [4.78, 5) is 12.8. The van der Waals surface area contributed by atoms with Crippen molar-refractivity contribution in [1.82, 2.24) is 0 Å². The van der Waals surface area contributed by atoms with Crippen molar-refractivity contribution in [1.29, 1.82) is 0 Å². The molecule has 3 nitrogen and oxygen atoms in total. The number of thiophene rings is 1. The first-order valence-electron chi connectivity index (χ1n) is 9.32. The molecule has 0 fully saturated rings. The fraction of sp³-hybridized carbons (Fsp3) is 0.421. The molecule has 0 aliphatic heterocycles. The molecule has 0 saturated heterocycles. The number of ether oxygens (including phenoxy) is 2. The van der Waals surface area contributed by atoms with Crippen molar-refractivity contribution in [3.63, 3.8) is 0 Å². The highest BCUT2D eigenvalue weighted by molar-refractivity contribution is 7.21. The highest BCUT2D eigenvalue weighted by Gasteiger charge is 2.20. The molecule has 1 heterocycles. The summed E-state index contributed by atoms with van der Waals surface area (Å²) < 4.78 is 32.9. The van der Waals surface area contributed by atoms with Crippen LogP contribution in [-0.4, -0.2) is 27.7 Å². The number of carbonyl (C=O) groups is 1. The molecule has 0 N–H and O–H groups in total. The molecule has 0 bridgehead atoms. The number of methoxy groups -OCH3 is 1. The quantitative estimate of drug-likeness (QED) is 0.446. The van der Waals surface area contributed by atoms with Gasteiger partial charge < -0.3 is 9.47 Å². The summed E-state index contributed by atoms with van der Waals surface area (Å²) in [6.45, 7) is 10.3. The van der Waals surface area contributed by atoms with Gasteiger partial charge in [0.2, 0.25) is 0 Å². The summed E-state index contributed by atoms with van der Waals surface area (Å²) in [5.74, 6) is 2.88. The third-order valence-electron chi connectivity index (χ3n) is 3.42. The predicted octanol–water partition coefficient (Wildman–Crippen LogP) is 4.76. The average molecular weight is 364 g/mol. The van der Waals surface area contributed by atoms with Gasteiger partial charge >= 0.3 is 5.97 Å². The zero-order valence-electron chi connectivity index (χ0n) is 17.7. The zero-order valence-corrected chi connectivity index (χ0v) is 16.5. The van der Waals surface area contributed by atoms with Crippen LogP contribution < -0.4 is 0 Å². The minimum absolute atomic E-state index is 0.0609. The van der Waals surface area contributed by atoms with E-state index >= 15 is 0 Å². The smallest absolute Gasteiger partial charge is 0.348 e. The van der Waals surface area contributed by atoms with Crippen molar-refractivity contribution < 1.29 is 18.4 Å². The van der Waals surface area contributed by atoms with Crippen LogP contribution in [0.5, 0.6) is 0 Å². The van der Waals surface area contributed by atoms with Crippen LogP contribution >= 0.6 is 11.3 Å². The van der Waals surface area contributed by atoms with E-state index in [4.69, 9.17) is 13.6 Å². The van der Waals surface area contributed by atoms with Gasteiger partial charge in [0, 0.05) is 18.0 Å². The molecule has 0 unspecified atom stereocenters. The van der Waals surface area contributed by atoms with Crippen LogP contribution in [0.1, 0.15) is 37.4 Å². The lowest BCUT2D eigenvalue weighted by molar-refractivity contribution is 0.0531. The number of rotatable bonds is 4. The Kier molecular flexibility index (Phi) is 4.61. The summed E-state index contributed by atoms with van der Waals surface area (Å²) in [6, 6.07) is 3.70. The van der Waals surface area contributed by atoms with Crippen LogP contribution in [0.3, 0.4) is 0 Å². The number of hydrogen-bond acceptors (Lipinski definition) is 4. The van der Waals surface area contributed by atoms with Crippen LogP contribution in [0.15, 0.2) is 12.1 Å². The zero-order chi connectivity index (χ0) is 20.4. The number of esters is 1. The van der Waals surface area contributed by atoms with Gasteiger partial charge in [-0.15, -0.1) is 16.9 Å². The van der Waals surface area contributed by atoms with Crippen molar-refractivity contribution in [2.75, 3.05) is 13.6 Å². The maximum absolute atomic E-state index is 12.3. The van der Waals surface area contributed by atoms with Crippen molar-refractivity contribution in [2.24, 2.45) is 0 Å². The monoisotopic (exact) mass is 363 g/mol. The standard InChI is InChI=1S/C19H24O3SSi/c1-7-22-19(20)17-13(2)16-15(12-21-3)9-8-14(18(16)23-17)10-11-24(4,5)6/h8-9H,7,12H2,1-6H3/i3D3. The van der Waals surface area contributed by atoms with E-state index in [1.165, 1.54) is 11.3 Å². The highest BCUT2D eigenvalue weighted by atomic mass is 32.1. The Morgan fingerprint density at radius 2 is 2.12 bits per heavy atom. The lowest BCUT2D eigenvalue weighted by Crippen LogP contribution is -2.16. The van der Waals surface area contributed by atoms with Crippen molar-refractivity contribution in [3.8, 4) is 11.5 Å². The average Bonchev–Trinajstić information content (AvgIpc) is 2.88. The molecule has 5 heteroatoms. The van der Waals surface area contributed by atoms with Crippen LogP contribution in [0.25, 0.3) is 10.1 Å². The van der Waals surface area contributed by atoms with Gasteiger partial charge in [0.1, 0.15) is 13.0 Å². The summed E-state index contributed by atoms with van der Waals surface area (Å²) in [5.41, 5.74) is 5.69. The molecule has 0 spiro atoms. The molecule has 1 aromatic carbocycles. The van der Waals surface area contributed by atoms with Gasteiger partial charge in [-0.25, -0.2) is 4.79 Å². The maximum Gasteiger partial charge on any atom is 0.348 e. The SMILES string of the molecule is [2H]C([2H])([2H])OCc1ccc(C#C[Si](C)(C)C)c2sc(C(=O)OCC)c(C)c12. The highest BCUT2D eigenvalue weighted by Crippen LogP contribution is 2.36. The van der Waals surface area contributed by atoms with E-state index in [2.05, 4.69) is 31.1 Å². The second-order valence-corrected chi connectivity index (χ2v) is 12.3. The number of carbonyl (C=O) groups excluding carboxylic acids is 1. The second-order valence-electron chi connectivity index (χ2n) is 6.54. The molecule has 2 aromatic rings. The van der Waals surface area contributed by atoms with E-state index in [0.717, 1.165) is 26.8 Å². The molecule has 24 heavy (non-hydrogen) atoms. The normalized spacial score (nSPS) is 13.6. The minimum Gasteiger partial charge on any atom is -0.462 e. The second kappa shape index (κ2) is 7.52. The van der Waals surface area contributed by atoms with Crippen LogP contribution in [0.4, 0.5) is 0 Å². The lowest BCUT2D eigenvalue weighted by atomic mass is 10.0. The molecule has 0 atom stereocenters. The fourth-order valence-electron chi connectivity index (χ4n) is 2.38. The van der Waals surface area contributed by atoms with E-state index in [0.29, 0.717) is 11.5 Å². The summed E-state index contributed by atoms with van der Waals surface area (Å²) >= 11 is 1.34. The Morgan fingerprint density at radius 3 is 2.75 bits per heavy atom. The molecule has 0 radical (unpaired) electrons. The first-order chi connectivity index (χ1) is 12.4. The number of aryl methyl sites for hydroxylation is 1. The fourth-order valence-corrected chi connectivity index (χ4v) is 4.10. The summed E-state index contributed by atoms with van der Waals surface area (Å²) in [7, 11) is -4.05. The minimum atomic E-state index is -2.48. The van der Waals surface area contributed by atoms with Gasteiger partial charge in [-0.2, -0.15) is 0 Å². The first kappa shape index (κ1) is 14.7. The van der Waals surface area contributed by atoms with Gasteiger partial charge in [0.05, 0.1) is 22.0 Å². The van der Waals surface area contributed by atoms with Gasteiger partial charge in [0.15, 0.2) is 0 Å². The third kappa shape index (κ3) is 4.07. The maximum atomic E-state index is 12.3. The van der Waals surface area contributed by atoms with Crippen molar-refractivity contribution in [2.45, 2.75) is 40.1 Å². The Labute approximate surface area is 153 Å².